The van der Waals surface area contributed by atoms with Crippen molar-refractivity contribution in [3.63, 3.8) is 0 Å². The molecule has 2 aromatic carbocycles. The zero-order chi connectivity index (χ0) is 25.4. The monoisotopic (exact) mass is 487 g/mol. The number of rotatable bonds is 8. The minimum atomic E-state index is -1.16. The molecule has 0 saturated carbocycles. The van der Waals surface area contributed by atoms with Crippen molar-refractivity contribution in [3.8, 4) is 0 Å². The van der Waals surface area contributed by atoms with Crippen LogP contribution >= 0.6 is 0 Å². The molecule has 1 fully saturated rings. The molecular formula is C28H33N5O3. The van der Waals surface area contributed by atoms with Gasteiger partial charge in [-0.05, 0) is 63.2 Å². The van der Waals surface area contributed by atoms with E-state index >= 15 is 0 Å². The Balaban J connectivity index is 1.43. The van der Waals surface area contributed by atoms with Gasteiger partial charge in [0.25, 0.3) is 11.8 Å². The average molecular weight is 488 g/mol. The van der Waals surface area contributed by atoms with Gasteiger partial charge in [-0.1, -0.05) is 44.2 Å². The molecule has 0 aliphatic carbocycles. The number of carbonyl (C=O) groups excluding carboxylic acids is 3. The fraction of sp³-hybridized carbons (Fsp3) is 0.393. The van der Waals surface area contributed by atoms with Crippen LogP contribution in [-0.2, 0) is 16.8 Å². The van der Waals surface area contributed by atoms with E-state index in [-0.39, 0.29) is 11.8 Å². The van der Waals surface area contributed by atoms with Crippen molar-refractivity contribution >= 4 is 34.4 Å². The number of para-hydroxylation sites is 2. The Hall–Kier alpha value is -3.65. The van der Waals surface area contributed by atoms with Crippen molar-refractivity contribution in [1.29, 1.82) is 0 Å². The first-order valence-corrected chi connectivity index (χ1v) is 12.8. The highest BCUT2D eigenvalue weighted by atomic mass is 16.2. The van der Waals surface area contributed by atoms with Crippen molar-refractivity contribution in [2.45, 2.75) is 39.2 Å². The van der Waals surface area contributed by atoms with Crippen LogP contribution < -0.4 is 10.2 Å². The number of anilines is 1. The Morgan fingerprint density at radius 2 is 1.81 bits per heavy atom. The van der Waals surface area contributed by atoms with Crippen LogP contribution in [-0.4, -0.2) is 65.4 Å². The van der Waals surface area contributed by atoms with E-state index in [2.05, 4.69) is 29.0 Å². The molecular weight excluding hydrogens is 454 g/mol. The van der Waals surface area contributed by atoms with Gasteiger partial charge >= 0.3 is 6.03 Å². The number of imide groups is 1. The lowest BCUT2D eigenvalue weighted by Gasteiger charge is -2.35. The van der Waals surface area contributed by atoms with Gasteiger partial charge in [0.1, 0.15) is 0 Å². The van der Waals surface area contributed by atoms with E-state index in [0.29, 0.717) is 30.8 Å². The molecule has 1 unspecified atom stereocenters. The molecule has 2 N–H and O–H groups in total. The Morgan fingerprint density at radius 3 is 2.58 bits per heavy atom. The maximum Gasteiger partial charge on any atom is 0.332 e. The molecule has 0 bridgehead atoms. The van der Waals surface area contributed by atoms with Crippen LogP contribution in [0.4, 0.5) is 10.5 Å². The van der Waals surface area contributed by atoms with Gasteiger partial charge in [0, 0.05) is 24.0 Å². The van der Waals surface area contributed by atoms with Crippen LogP contribution in [0.25, 0.3) is 10.9 Å². The molecule has 1 saturated heterocycles. The summed E-state index contributed by atoms with van der Waals surface area (Å²) in [6.45, 7) is 9.85. The minimum Gasteiger partial charge on any atom is -0.356 e. The molecule has 0 radical (unpaired) electrons. The number of fused-ring (bicyclic) bond motifs is 5. The van der Waals surface area contributed by atoms with Crippen molar-refractivity contribution in [2.75, 3.05) is 37.6 Å². The van der Waals surface area contributed by atoms with E-state index in [4.69, 9.17) is 0 Å². The molecule has 8 heteroatoms. The van der Waals surface area contributed by atoms with Gasteiger partial charge in [0.05, 0.1) is 16.9 Å². The van der Waals surface area contributed by atoms with E-state index in [1.807, 2.05) is 24.3 Å². The number of nitrogens with zero attached hydrogens (tertiary/aromatic N) is 3. The summed E-state index contributed by atoms with van der Waals surface area (Å²) in [4.78, 5) is 49.3. The Bertz CT molecular complexity index is 1330. The second-order valence-corrected chi connectivity index (χ2v) is 9.57. The fourth-order valence-electron chi connectivity index (χ4n) is 5.60. The molecule has 2 aliphatic rings. The van der Waals surface area contributed by atoms with E-state index in [0.717, 1.165) is 48.2 Å². The van der Waals surface area contributed by atoms with Crippen molar-refractivity contribution in [1.82, 2.24) is 20.1 Å². The first-order chi connectivity index (χ1) is 17.4. The van der Waals surface area contributed by atoms with Crippen molar-refractivity contribution < 1.29 is 14.4 Å². The topological polar surface area (TPSA) is 88.8 Å². The summed E-state index contributed by atoms with van der Waals surface area (Å²) in [5.41, 5.74) is 2.27. The molecule has 36 heavy (non-hydrogen) atoms. The van der Waals surface area contributed by atoms with Crippen LogP contribution in [0.2, 0.25) is 0 Å². The quantitative estimate of drug-likeness (QED) is 0.373. The number of H-pyrrole nitrogens is 1. The molecule has 0 spiro atoms. The number of aromatic amines is 1. The van der Waals surface area contributed by atoms with Gasteiger partial charge in [-0.25, -0.2) is 9.69 Å². The third kappa shape index (κ3) is 3.67. The van der Waals surface area contributed by atoms with E-state index in [9.17, 15) is 14.4 Å². The van der Waals surface area contributed by atoms with Gasteiger partial charge in [0.2, 0.25) is 0 Å². The molecule has 1 atom stereocenters. The number of amides is 4. The number of nitrogens with one attached hydrogen (secondary N) is 2. The summed E-state index contributed by atoms with van der Waals surface area (Å²) < 4.78 is 0. The second kappa shape index (κ2) is 9.43. The summed E-state index contributed by atoms with van der Waals surface area (Å²) in [6.07, 6.45) is 1.49. The number of hydrogen-bond acceptors (Lipinski definition) is 4. The SMILES string of the molecule is CCN(CC)CCCNC(=O)c1ccccc1N1C(=O)N2CCc3c([nH]c4ccccc34)C2(C)C1=O. The molecule has 188 valence electrons. The van der Waals surface area contributed by atoms with Gasteiger partial charge in [0.15, 0.2) is 5.54 Å². The van der Waals surface area contributed by atoms with Crippen molar-refractivity contribution in [2.24, 2.45) is 0 Å². The lowest BCUT2D eigenvalue weighted by Crippen LogP contribution is -2.49. The van der Waals surface area contributed by atoms with Gasteiger partial charge in [-0.2, -0.15) is 0 Å². The molecule has 2 aliphatic heterocycles. The maximum absolute atomic E-state index is 14.0. The van der Waals surface area contributed by atoms with E-state index in [1.54, 1.807) is 36.1 Å². The zero-order valence-corrected chi connectivity index (χ0v) is 21.1. The van der Waals surface area contributed by atoms with Gasteiger partial charge in [-0.15, -0.1) is 0 Å². The molecule has 3 aromatic rings. The van der Waals surface area contributed by atoms with E-state index < -0.39 is 11.6 Å². The minimum absolute atomic E-state index is 0.285. The molecule has 3 heterocycles. The van der Waals surface area contributed by atoms with Crippen LogP contribution in [0.15, 0.2) is 48.5 Å². The Labute approximate surface area is 211 Å². The highest BCUT2D eigenvalue weighted by Crippen LogP contribution is 2.45. The highest BCUT2D eigenvalue weighted by Gasteiger charge is 2.59. The standard InChI is InChI=1S/C28H33N5O3/c1-4-31(5-2)17-10-16-29-25(34)21-12-7-9-14-23(21)33-26(35)28(3)24-20(15-18-32(28)27(33)36)19-11-6-8-13-22(19)30-24/h6-9,11-14,30H,4-5,10,15-18H2,1-3H3,(H,29,34). The molecule has 1 aromatic heterocycles. The first kappa shape index (κ1) is 24.1. The second-order valence-electron chi connectivity index (χ2n) is 9.57. The third-order valence-corrected chi connectivity index (χ3v) is 7.69. The van der Waals surface area contributed by atoms with Crippen molar-refractivity contribution in [3.05, 3.63) is 65.4 Å². The normalized spacial score (nSPS) is 19.2. The Morgan fingerprint density at radius 1 is 1.08 bits per heavy atom. The predicted molar refractivity (Wildman–Crippen MR) is 140 cm³/mol. The number of carbonyl (C=O) groups is 3. The lowest BCUT2D eigenvalue weighted by atomic mass is 9.87. The summed E-state index contributed by atoms with van der Waals surface area (Å²) >= 11 is 0. The lowest BCUT2D eigenvalue weighted by molar-refractivity contribution is -0.125. The summed E-state index contributed by atoms with van der Waals surface area (Å²) in [6, 6.07) is 14.4. The number of hydrogen-bond donors (Lipinski definition) is 2. The fourth-order valence-corrected chi connectivity index (χ4v) is 5.60. The zero-order valence-electron chi connectivity index (χ0n) is 21.1. The average Bonchev–Trinajstić information content (AvgIpc) is 3.37. The predicted octanol–water partition coefficient (Wildman–Crippen LogP) is 3.87. The number of benzene rings is 2. The van der Waals surface area contributed by atoms with Crippen LogP contribution in [0.5, 0.6) is 0 Å². The van der Waals surface area contributed by atoms with E-state index in [1.165, 1.54) is 4.90 Å². The molecule has 4 amide bonds. The summed E-state index contributed by atoms with van der Waals surface area (Å²) in [5.74, 6) is -0.631. The smallest absolute Gasteiger partial charge is 0.332 e. The summed E-state index contributed by atoms with van der Waals surface area (Å²) in [7, 11) is 0. The van der Waals surface area contributed by atoms with Gasteiger partial charge in [-0.3, -0.25) is 9.59 Å². The third-order valence-electron chi connectivity index (χ3n) is 7.69. The van der Waals surface area contributed by atoms with Crippen LogP contribution in [0, 0.1) is 0 Å². The van der Waals surface area contributed by atoms with Gasteiger partial charge < -0.3 is 20.1 Å². The largest absolute Gasteiger partial charge is 0.356 e. The highest BCUT2D eigenvalue weighted by molar-refractivity contribution is 6.25. The summed E-state index contributed by atoms with van der Waals surface area (Å²) in [5, 5.41) is 4.05. The van der Waals surface area contributed by atoms with Crippen LogP contribution in [0.1, 0.15) is 48.8 Å². The first-order valence-electron chi connectivity index (χ1n) is 12.8. The maximum atomic E-state index is 14.0. The Kier molecular flexibility index (Phi) is 6.30. The van der Waals surface area contributed by atoms with Crippen LogP contribution in [0.3, 0.4) is 0 Å². The number of urea groups is 1. The molecule has 5 rings (SSSR count). The number of aromatic nitrogens is 1. The molecule has 8 nitrogen and oxygen atoms in total.